The molecule has 0 spiro atoms. The molecule has 0 bridgehead atoms. The summed E-state index contributed by atoms with van der Waals surface area (Å²) in [5.74, 6) is -0.613. The molecule has 1 atom stereocenters. The standard InChI is InChI=1S/C9H18O4S/c1-4-5-6-7-14(11,12)8(2)9(10)13-3/h8H,4-7H2,1-3H3. The Kier molecular flexibility index (Phi) is 5.76. The maximum absolute atomic E-state index is 11.5. The van der Waals surface area contributed by atoms with Gasteiger partial charge < -0.3 is 4.74 Å². The van der Waals surface area contributed by atoms with Crippen LogP contribution in [0.4, 0.5) is 0 Å². The van der Waals surface area contributed by atoms with E-state index in [0.717, 1.165) is 12.8 Å². The summed E-state index contributed by atoms with van der Waals surface area (Å²) in [6.07, 6.45) is 2.44. The summed E-state index contributed by atoms with van der Waals surface area (Å²) in [6.45, 7) is 3.36. The summed E-state index contributed by atoms with van der Waals surface area (Å²) in [5, 5.41) is -1.04. The molecule has 0 rings (SSSR count). The van der Waals surface area contributed by atoms with Crippen LogP contribution in [0.1, 0.15) is 33.1 Å². The second-order valence-electron chi connectivity index (χ2n) is 3.24. The number of unbranched alkanes of at least 4 members (excludes halogenated alkanes) is 2. The molecule has 4 nitrogen and oxygen atoms in total. The van der Waals surface area contributed by atoms with E-state index in [9.17, 15) is 13.2 Å². The van der Waals surface area contributed by atoms with E-state index >= 15 is 0 Å². The maximum Gasteiger partial charge on any atom is 0.323 e. The zero-order valence-electron chi connectivity index (χ0n) is 8.95. The molecule has 0 fully saturated rings. The van der Waals surface area contributed by atoms with Gasteiger partial charge in [-0.3, -0.25) is 4.79 Å². The van der Waals surface area contributed by atoms with E-state index in [1.54, 1.807) is 0 Å². The van der Waals surface area contributed by atoms with Gasteiger partial charge in [0.05, 0.1) is 12.9 Å². The third-order valence-corrected chi connectivity index (χ3v) is 4.23. The second kappa shape index (κ2) is 6.01. The van der Waals surface area contributed by atoms with E-state index in [0.29, 0.717) is 6.42 Å². The van der Waals surface area contributed by atoms with Gasteiger partial charge >= 0.3 is 5.97 Å². The summed E-state index contributed by atoms with van der Waals surface area (Å²) >= 11 is 0. The van der Waals surface area contributed by atoms with E-state index in [1.165, 1.54) is 14.0 Å². The highest BCUT2D eigenvalue weighted by molar-refractivity contribution is 7.92. The first-order valence-corrected chi connectivity index (χ1v) is 6.46. The number of rotatable bonds is 6. The Hall–Kier alpha value is -0.580. The Labute approximate surface area is 85.6 Å². The van der Waals surface area contributed by atoms with Crippen molar-refractivity contribution in [3.63, 3.8) is 0 Å². The van der Waals surface area contributed by atoms with Gasteiger partial charge in [0.2, 0.25) is 0 Å². The summed E-state index contributed by atoms with van der Waals surface area (Å²) in [7, 11) is -2.12. The number of hydrogen-bond donors (Lipinski definition) is 0. The van der Waals surface area contributed by atoms with Gasteiger partial charge in [0.1, 0.15) is 0 Å². The molecule has 5 heteroatoms. The Morgan fingerprint density at radius 3 is 2.36 bits per heavy atom. The molecule has 0 saturated carbocycles. The highest BCUT2D eigenvalue weighted by Crippen LogP contribution is 2.07. The van der Waals surface area contributed by atoms with Crippen molar-refractivity contribution in [1.29, 1.82) is 0 Å². The molecular formula is C9H18O4S. The van der Waals surface area contributed by atoms with E-state index in [1.807, 2.05) is 6.92 Å². The van der Waals surface area contributed by atoms with Crippen LogP contribution in [0.3, 0.4) is 0 Å². The summed E-state index contributed by atoms with van der Waals surface area (Å²) in [6, 6.07) is 0. The van der Waals surface area contributed by atoms with E-state index in [-0.39, 0.29) is 5.75 Å². The number of ether oxygens (including phenoxy) is 1. The first-order valence-electron chi connectivity index (χ1n) is 4.75. The van der Waals surface area contributed by atoms with Crippen LogP contribution < -0.4 is 0 Å². The van der Waals surface area contributed by atoms with Gasteiger partial charge in [-0.05, 0) is 13.3 Å². The Balaban J connectivity index is 4.24. The normalized spacial score (nSPS) is 13.6. The smallest absolute Gasteiger partial charge is 0.323 e. The molecule has 0 aliphatic carbocycles. The topological polar surface area (TPSA) is 60.4 Å². The minimum absolute atomic E-state index is 0.0666. The highest BCUT2D eigenvalue weighted by Gasteiger charge is 2.27. The molecule has 0 N–H and O–H groups in total. The zero-order chi connectivity index (χ0) is 11.2. The van der Waals surface area contributed by atoms with Crippen molar-refractivity contribution in [2.75, 3.05) is 12.9 Å². The van der Waals surface area contributed by atoms with Gasteiger partial charge in [-0.15, -0.1) is 0 Å². The van der Waals surface area contributed by atoms with Gasteiger partial charge in [-0.25, -0.2) is 8.42 Å². The number of hydrogen-bond acceptors (Lipinski definition) is 4. The fraction of sp³-hybridized carbons (Fsp3) is 0.889. The number of sulfone groups is 1. The van der Waals surface area contributed by atoms with Crippen LogP contribution in [0.5, 0.6) is 0 Å². The number of carbonyl (C=O) groups is 1. The lowest BCUT2D eigenvalue weighted by molar-refractivity contribution is -0.139. The molecule has 0 radical (unpaired) electrons. The Morgan fingerprint density at radius 1 is 1.36 bits per heavy atom. The third-order valence-electron chi connectivity index (χ3n) is 2.10. The first kappa shape index (κ1) is 13.4. The average Bonchev–Trinajstić information content (AvgIpc) is 2.15. The quantitative estimate of drug-likeness (QED) is 0.499. The van der Waals surface area contributed by atoms with E-state index < -0.39 is 21.1 Å². The zero-order valence-corrected chi connectivity index (χ0v) is 9.76. The summed E-state index contributed by atoms with van der Waals surface area (Å²) in [5.41, 5.74) is 0. The molecule has 0 aliphatic rings. The molecule has 0 aromatic heterocycles. The lowest BCUT2D eigenvalue weighted by Crippen LogP contribution is -2.30. The van der Waals surface area contributed by atoms with Crippen molar-refractivity contribution in [2.24, 2.45) is 0 Å². The molecular weight excluding hydrogens is 204 g/mol. The van der Waals surface area contributed by atoms with Crippen LogP contribution in [0.2, 0.25) is 0 Å². The van der Waals surface area contributed by atoms with Crippen molar-refractivity contribution in [1.82, 2.24) is 0 Å². The van der Waals surface area contributed by atoms with Gasteiger partial charge in [-0.2, -0.15) is 0 Å². The van der Waals surface area contributed by atoms with Gasteiger partial charge in [0.15, 0.2) is 15.1 Å². The molecule has 84 valence electrons. The van der Waals surface area contributed by atoms with Crippen molar-refractivity contribution >= 4 is 15.8 Å². The first-order chi connectivity index (χ1) is 6.45. The van der Waals surface area contributed by atoms with Crippen molar-refractivity contribution in [3.05, 3.63) is 0 Å². The molecule has 14 heavy (non-hydrogen) atoms. The molecule has 0 aromatic rings. The minimum atomic E-state index is -3.32. The predicted octanol–water partition coefficient (Wildman–Crippen LogP) is 1.15. The van der Waals surface area contributed by atoms with E-state index in [2.05, 4.69) is 4.74 Å². The van der Waals surface area contributed by atoms with Gasteiger partial charge in [0.25, 0.3) is 0 Å². The lowest BCUT2D eigenvalue weighted by atomic mass is 10.3. The predicted molar refractivity (Wildman–Crippen MR) is 54.8 cm³/mol. The van der Waals surface area contributed by atoms with Crippen molar-refractivity contribution in [2.45, 2.75) is 38.4 Å². The fourth-order valence-electron chi connectivity index (χ4n) is 1.04. The molecule has 0 aromatic carbocycles. The van der Waals surface area contributed by atoms with Crippen LogP contribution in [0.15, 0.2) is 0 Å². The SMILES string of the molecule is CCCCCS(=O)(=O)C(C)C(=O)OC. The molecule has 0 heterocycles. The van der Waals surface area contributed by atoms with Crippen LogP contribution >= 0.6 is 0 Å². The fourth-order valence-corrected chi connectivity index (χ4v) is 2.39. The van der Waals surface area contributed by atoms with E-state index in [4.69, 9.17) is 0 Å². The van der Waals surface area contributed by atoms with Gasteiger partial charge in [0, 0.05) is 0 Å². The minimum Gasteiger partial charge on any atom is -0.468 e. The number of carbonyl (C=O) groups excluding carboxylic acids is 1. The molecule has 0 amide bonds. The van der Waals surface area contributed by atoms with Crippen LogP contribution in [0, 0.1) is 0 Å². The third kappa shape index (κ3) is 4.09. The van der Waals surface area contributed by atoms with Crippen LogP contribution in [-0.2, 0) is 19.4 Å². The van der Waals surface area contributed by atoms with Crippen LogP contribution in [-0.4, -0.2) is 32.5 Å². The summed E-state index contributed by atoms with van der Waals surface area (Å²) < 4.78 is 27.4. The Bertz CT molecular complexity index is 269. The highest BCUT2D eigenvalue weighted by atomic mass is 32.2. The summed E-state index contributed by atoms with van der Waals surface area (Å²) in [4.78, 5) is 11.0. The van der Waals surface area contributed by atoms with Crippen LogP contribution in [0.25, 0.3) is 0 Å². The second-order valence-corrected chi connectivity index (χ2v) is 5.68. The maximum atomic E-state index is 11.5. The molecule has 0 saturated heterocycles. The van der Waals surface area contributed by atoms with Gasteiger partial charge in [-0.1, -0.05) is 19.8 Å². The largest absolute Gasteiger partial charge is 0.468 e. The molecule has 1 unspecified atom stereocenters. The average molecular weight is 222 g/mol. The number of methoxy groups -OCH3 is 1. The Morgan fingerprint density at radius 2 is 1.93 bits per heavy atom. The molecule has 0 aliphatic heterocycles. The lowest BCUT2D eigenvalue weighted by Gasteiger charge is -2.09. The monoisotopic (exact) mass is 222 g/mol. The number of esters is 1. The van der Waals surface area contributed by atoms with Crippen molar-refractivity contribution < 1.29 is 17.9 Å². The van der Waals surface area contributed by atoms with Crippen molar-refractivity contribution in [3.8, 4) is 0 Å².